The quantitative estimate of drug-likeness (QED) is 0.0486. The number of carbonyl (C=O) groups excluding carboxylic acids is 3. The van der Waals surface area contributed by atoms with Gasteiger partial charge in [-0.2, -0.15) is 0 Å². The Balaban J connectivity index is 4.17. The van der Waals surface area contributed by atoms with Crippen LogP contribution >= 0.6 is 0 Å². The van der Waals surface area contributed by atoms with Crippen molar-refractivity contribution < 1.29 is 23.9 Å². The molecule has 0 atom stereocenters. The molecule has 0 bridgehead atoms. The Hall–Kier alpha value is -1.63. The number of esters is 2. The number of hydrogen-bond acceptors (Lipinski definition) is 6. The van der Waals surface area contributed by atoms with Gasteiger partial charge in [-0.15, -0.1) is 0 Å². The van der Waals surface area contributed by atoms with E-state index < -0.39 is 0 Å². The topological polar surface area (TPSA) is 84.9 Å². The SMILES string of the molecule is CCCCCC(CCCCC)CCOC(=O)CCCCCCCCCC(CCCCCCCCCC(=O)OCCC(CCCCC)CCCCC)NC(=O)CCN(C)C. The monoisotopic (exact) mass is 835 g/mol. The van der Waals surface area contributed by atoms with Crippen molar-refractivity contribution >= 4 is 17.8 Å². The van der Waals surface area contributed by atoms with Gasteiger partial charge in [-0.05, 0) is 64.5 Å². The van der Waals surface area contributed by atoms with Crippen molar-refractivity contribution in [3.05, 3.63) is 0 Å². The molecule has 0 aliphatic carbocycles. The standard InChI is InChI=1S/C52H102N2O5/c1-7-11-25-33-47(34-26-12-8-2)42-45-58-51(56)39-31-23-19-15-17-21-29-37-49(53-50(55)41-44-54(5)6)38-30-22-18-16-20-24-32-40-52(57)59-46-43-48(35-27-13-9-3)36-28-14-10-4/h47-49H,7-46H2,1-6H3,(H,53,55). The molecular formula is C52H102N2O5. The van der Waals surface area contributed by atoms with Crippen molar-refractivity contribution in [2.75, 3.05) is 33.9 Å². The zero-order valence-electron chi connectivity index (χ0n) is 40.5. The molecule has 0 unspecified atom stereocenters. The van der Waals surface area contributed by atoms with Gasteiger partial charge in [0, 0.05) is 31.8 Å². The summed E-state index contributed by atoms with van der Waals surface area (Å²) in [5.74, 6) is 1.57. The van der Waals surface area contributed by atoms with Crippen LogP contribution in [0.5, 0.6) is 0 Å². The van der Waals surface area contributed by atoms with Crippen LogP contribution in [0, 0.1) is 11.8 Å². The molecule has 0 saturated carbocycles. The van der Waals surface area contributed by atoms with Crippen molar-refractivity contribution in [3.8, 4) is 0 Å². The fourth-order valence-corrected chi connectivity index (χ4v) is 8.42. The van der Waals surface area contributed by atoms with Crippen LogP contribution < -0.4 is 5.32 Å². The first-order valence-corrected chi connectivity index (χ1v) is 26.0. The average molecular weight is 835 g/mol. The summed E-state index contributed by atoms with van der Waals surface area (Å²) in [4.78, 5) is 39.4. The van der Waals surface area contributed by atoms with E-state index in [1.807, 2.05) is 14.1 Å². The first kappa shape index (κ1) is 57.4. The Labute approximate surface area is 367 Å². The lowest BCUT2D eigenvalue weighted by molar-refractivity contribution is -0.145. The zero-order valence-corrected chi connectivity index (χ0v) is 40.5. The number of unbranched alkanes of at least 4 members (excludes halogenated alkanes) is 20. The van der Waals surface area contributed by atoms with Gasteiger partial charge in [-0.3, -0.25) is 14.4 Å². The summed E-state index contributed by atoms with van der Waals surface area (Å²) in [6.45, 7) is 11.0. The van der Waals surface area contributed by atoms with E-state index >= 15 is 0 Å². The van der Waals surface area contributed by atoms with E-state index in [0.29, 0.717) is 44.3 Å². The van der Waals surface area contributed by atoms with Crippen LogP contribution in [0.15, 0.2) is 0 Å². The summed E-state index contributed by atoms with van der Waals surface area (Å²) in [5, 5.41) is 3.36. The van der Waals surface area contributed by atoms with Gasteiger partial charge in [0.1, 0.15) is 0 Å². The van der Waals surface area contributed by atoms with E-state index in [9.17, 15) is 14.4 Å². The average Bonchev–Trinajstić information content (AvgIpc) is 3.21. The second-order valence-corrected chi connectivity index (χ2v) is 18.6. The summed E-state index contributed by atoms with van der Waals surface area (Å²) in [6.07, 6.45) is 42.5. The largest absolute Gasteiger partial charge is 0.466 e. The molecule has 1 N–H and O–H groups in total. The van der Waals surface area contributed by atoms with E-state index in [1.165, 1.54) is 154 Å². The molecule has 7 heteroatoms. The molecule has 0 aromatic rings. The maximum Gasteiger partial charge on any atom is 0.305 e. The number of carbonyl (C=O) groups is 3. The third kappa shape index (κ3) is 41.5. The summed E-state index contributed by atoms with van der Waals surface area (Å²) >= 11 is 0. The van der Waals surface area contributed by atoms with Gasteiger partial charge in [0.25, 0.3) is 0 Å². The van der Waals surface area contributed by atoms with Crippen molar-refractivity contribution in [2.45, 2.75) is 271 Å². The Kier molecular flexibility index (Phi) is 43.2. The summed E-state index contributed by atoms with van der Waals surface area (Å²) in [6, 6.07) is 0.271. The van der Waals surface area contributed by atoms with Crippen LogP contribution in [-0.2, 0) is 23.9 Å². The fourth-order valence-electron chi connectivity index (χ4n) is 8.42. The minimum Gasteiger partial charge on any atom is -0.466 e. The molecule has 350 valence electrons. The van der Waals surface area contributed by atoms with E-state index in [1.54, 1.807) is 0 Å². The highest BCUT2D eigenvalue weighted by molar-refractivity contribution is 5.76. The van der Waals surface area contributed by atoms with Gasteiger partial charge in [0.05, 0.1) is 13.2 Å². The van der Waals surface area contributed by atoms with Crippen molar-refractivity contribution in [1.82, 2.24) is 10.2 Å². The summed E-state index contributed by atoms with van der Waals surface area (Å²) in [5.41, 5.74) is 0. The number of hydrogen-bond donors (Lipinski definition) is 1. The lowest BCUT2D eigenvalue weighted by atomic mass is 9.92. The maximum atomic E-state index is 12.7. The number of ether oxygens (including phenoxy) is 2. The first-order valence-electron chi connectivity index (χ1n) is 26.0. The number of nitrogens with zero attached hydrogens (tertiary/aromatic N) is 1. The van der Waals surface area contributed by atoms with Gasteiger partial charge < -0.3 is 19.7 Å². The molecule has 0 aromatic heterocycles. The molecule has 7 nitrogen and oxygen atoms in total. The van der Waals surface area contributed by atoms with Gasteiger partial charge in [-0.25, -0.2) is 0 Å². The molecule has 0 aliphatic heterocycles. The second kappa shape index (κ2) is 44.4. The number of amides is 1. The zero-order chi connectivity index (χ0) is 43.4. The van der Waals surface area contributed by atoms with Crippen LogP contribution in [0.1, 0.15) is 265 Å². The Bertz CT molecular complexity index is 847. The highest BCUT2D eigenvalue weighted by Gasteiger charge is 2.14. The molecule has 0 saturated heterocycles. The molecule has 0 radical (unpaired) electrons. The Morgan fingerprint density at radius 1 is 0.407 bits per heavy atom. The normalized spacial score (nSPS) is 11.7. The Morgan fingerprint density at radius 2 is 0.729 bits per heavy atom. The third-order valence-electron chi connectivity index (χ3n) is 12.5. The van der Waals surface area contributed by atoms with E-state index in [-0.39, 0.29) is 23.9 Å². The predicted octanol–water partition coefficient (Wildman–Crippen LogP) is 14.9. The van der Waals surface area contributed by atoms with Crippen molar-refractivity contribution in [2.24, 2.45) is 11.8 Å². The van der Waals surface area contributed by atoms with E-state index in [0.717, 1.165) is 70.8 Å². The second-order valence-electron chi connectivity index (χ2n) is 18.6. The molecule has 0 spiro atoms. The minimum absolute atomic E-state index is 0.0109. The summed E-state index contributed by atoms with van der Waals surface area (Å²) in [7, 11) is 4.04. The van der Waals surface area contributed by atoms with Crippen LogP contribution in [0.4, 0.5) is 0 Å². The summed E-state index contributed by atoms with van der Waals surface area (Å²) < 4.78 is 11.3. The molecular weight excluding hydrogens is 733 g/mol. The molecule has 0 heterocycles. The maximum absolute atomic E-state index is 12.7. The number of nitrogens with one attached hydrogen (secondary N) is 1. The highest BCUT2D eigenvalue weighted by Crippen LogP contribution is 2.23. The van der Waals surface area contributed by atoms with Crippen LogP contribution in [0.3, 0.4) is 0 Å². The van der Waals surface area contributed by atoms with Crippen molar-refractivity contribution in [1.29, 1.82) is 0 Å². The van der Waals surface area contributed by atoms with Crippen LogP contribution in [0.25, 0.3) is 0 Å². The van der Waals surface area contributed by atoms with Gasteiger partial charge >= 0.3 is 11.9 Å². The fraction of sp³-hybridized carbons (Fsp3) is 0.942. The van der Waals surface area contributed by atoms with Crippen LogP contribution in [0.2, 0.25) is 0 Å². The first-order chi connectivity index (χ1) is 28.7. The highest BCUT2D eigenvalue weighted by atomic mass is 16.5. The predicted molar refractivity (Wildman–Crippen MR) is 253 cm³/mol. The lowest BCUT2D eigenvalue weighted by Crippen LogP contribution is -2.36. The smallest absolute Gasteiger partial charge is 0.305 e. The molecule has 0 fully saturated rings. The molecule has 1 amide bonds. The van der Waals surface area contributed by atoms with Crippen molar-refractivity contribution in [3.63, 3.8) is 0 Å². The van der Waals surface area contributed by atoms with Gasteiger partial charge in [0.2, 0.25) is 5.91 Å². The molecule has 0 aliphatic rings. The van der Waals surface area contributed by atoms with E-state index in [2.05, 4.69) is 37.9 Å². The molecule has 59 heavy (non-hydrogen) atoms. The lowest BCUT2D eigenvalue weighted by Gasteiger charge is -2.20. The van der Waals surface area contributed by atoms with Gasteiger partial charge in [0.15, 0.2) is 0 Å². The third-order valence-corrected chi connectivity index (χ3v) is 12.5. The number of rotatable bonds is 46. The van der Waals surface area contributed by atoms with E-state index in [4.69, 9.17) is 9.47 Å². The molecule has 0 rings (SSSR count). The van der Waals surface area contributed by atoms with Crippen LogP contribution in [-0.4, -0.2) is 62.6 Å². The van der Waals surface area contributed by atoms with Gasteiger partial charge in [-0.1, -0.05) is 207 Å². The molecule has 0 aromatic carbocycles. The Morgan fingerprint density at radius 3 is 1.07 bits per heavy atom. The minimum atomic E-state index is -0.0109.